The van der Waals surface area contributed by atoms with E-state index in [-0.39, 0.29) is 5.41 Å². The molecule has 3 nitrogen and oxygen atoms in total. The lowest BCUT2D eigenvalue weighted by atomic mass is 9.45. The van der Waals surface area contributed by atoms with Crippen molar-refractivity contribution >= 4 is 0 Å². The molecule has 4 rings (SSSR count). The van der Waals surface area contributed by atoms with Crippen molar-refractivity contribution in [2.45, 2.75) is 83.5 Å². The summed E-state index contributed by atoms with van der Waals surface area (Å²) >= 11 is 0. The summed E-state index contributed by atoms with van der Waals surface area (Å²) in [4.78, 5) is 0. The van der Waals surface area contributed by atoms with Gasteiger partial charge in [-0.3, -0.25) is 0 Å². The van der Waals surface area contributed by atoms with Gasteiger partial charge in [-0.25, -0.2) is 0 Å². The Hall–Kier alpha value is -0.120. The number of aliphatic hydroxyl groups excluding tert-OH is 2. The maximum atomic E-state index is 10.5. The summed E-state index contributed by atoms with van der Waals surface area (Å²) in [7, 11) is 0. The number of hydrogen-bond donors (Lipinski definition) is 3. The predicted octanol–water partition coefficient (Wildman–Crippen LogP) is 2.69. The largest absolute Gasteiger partial charge is 0.390 e. The van der Waals surface area contributed by atoms with Crippen molar-refractivity contribution in [2.75, 3.05) is 0 Å². The van der Waals surface area contributed by atoms with Crippen LogP contribution < -0.4 is 5.73 Å². The van der Waals surface area contributed by atoms with E-state index in [1.807, 2.05) is 0 Å². The third-order valence-corrected chi connectivity index (χ3v) is 8.68. The van der Waals surface area contributed by atoms with E-state index in [0.717, 1.165) is 24.7 Å². The number of nitrogens with two attached hydrogens (primary N) is 1. The Morgan fingerprint density at radius 2 is 1.59 bits per heavy atom. The molecule has 4 aliphatic rings. The third kappa shape index (κ3) is 1.91. The average molecular weight is 307 g/mol. The molecule has 0 aromatic heterocycles. The van der Waals surface area contributed by atoms with Crippen LogP contribution in [0, 0.1) is 34.5 Å². The van der Waals surface area contributed by atoms with Crippen molar-refractivity contribution in [3.63, 3.8) is 0 Å². The molecule has 0 amide bonds. The molecule has 0 aliphatic heterocycles. The first-order valence-corrected chi connectivity index (χ1v) is 9.48. The van der Waals surface area contributed by atoms with Crippen molar-refractivity contribution in [3.05, 3.63) is 0 Å². The smallest absolute Gasteiger partial charge is 0.0855 e. The monoisotopic (exact) mass is 307 g/mol. The Bertz CT molecular complexity index is 455. The Kier molecular flexibility index (Phi) is 3.46. The highest BCUT2D eigenvalue weighted by molar-refractivity contribution is 5.11. The molecule has 0 bridgehead atoms. The summed E-state index contributed by atoms with van der Waals surface area (Å²) in [6.07, 6.45) is 8.42. The van der Waals surface area contributed by atoms with E-state index < -0.39 is 12.2 Å². The van der Waals surface area contributed by atoms with Gasteiger partial charge in [-0.15, -0.1) is 0 Å². The van der Waals surface area contributed by atoms with Gasteiger partial charge in [0.25, 0.3) is 0 Å². The topological polar surface area (TPSA) is 66.5 Å². The molecule has 0 aromatic carbocycles. The van der Waals surface area contributed by atoms with E-state index in [9.17, 15) is 10.2 Å². The Balaban J connectivity index is 1.63. The summed E-state index contributed by atoms with van der Waals surface area (Å²) in [5, 5.41) is 20.8. The van der Waals surface area contributed by atoms with Crippen molar-refractivity contribution in [3.8, 4) is 0 Å². The zero-order chi connectivity index (χ0) is 15.7. The first-order chi connectivity index (χ1) is 10.4. The first kappa shape index (κ1) is 15.4. The third-order valence-electron chi connectivity index (χ3n) is 8.68. The van der Waals surface area contributed by atoms with E-state index in [0.29, 0.717) is 23.3 Å². The van der Waals surface area contributed by atoms with Crippen molar-refractivity contribution in [1.82, 2.24) is 0 Å². The standard InChI is InChI=1S/C19H33NO2/c1-18-7-5-12(20)9-11(18)3-4-13-14(18)6-8-19(2)15(13)10-16(21)17(19)22/h11-17,21-22H,3-10,20H2,1-2H3/t11?,12-,13-,14+,15+,16-,17+,18+,19+/m1/s1. The van der Waals surface area contributed by atoms with E-state index in [1.165, 1.54) is 38.5 Å². The van der Waals surface area contributed by atoms with E-state index in [2.05, 4.69) is 13.8 Å². The predicted molar refractivity (Wildman–Crippen MR) is 87.1 cm³/mol. The van der Waals surface area contributed by atoms with Gasteiger partial charge in [-0.05, 0) is 85.9 Å². The molecule has 9 atom stereocenters. The number of fused-ring (bicyclic) bond motifs is 5. The van der Waals surface area contributed by atoms with Crippen LogP contribution in [0.4, 0.5) is 0 Å². The molecule has 3 heteroatoms. The van der Waals surface area contributed by atoms with Gasteiger partial charge in [0, 0.05) is 6.04 Å². The Labute approximate surface area is 134 Å². The second-order valence-corrected chi connectivity index (χ2v) is 9.48. The summed E-state index contributed by atoms with van der Waals surface area (Å²) in [6, 6.07) is 0.415. The fraction of sp³-hybridized carbons (Fsp3) is 1.00. The molecular weight excluding hydrogens is 274 g/mol. The van der Waals surface area contributed by atoms with Crippen LogP contribution in [0.25, 0.3) is 0 Å². The number of hydrogen-bond acceptors (Lipinski definition) is 3. The van der Waals surface area contributed by atoms with Crippen LogP contribution in [0.5, 0.6) is 0 Å². The van der Waals surface area contributed by atoms with Crippen molar-refractivity contribution in [1.29, 1.82) is 0 Å². The van der Waals surface area contributed by atoms with Crippen LogP contribution in [-0.4, -0.2) is 28.5 Å². The van der Waals surface area contributed by atoms with E-state index in [1.54, 1.807) is 0 Å². The molecule has 4 fully saturated rings. The molecule has 4 N–H and O–H groups in total. The van der Waals surface area contributed by atoms with Gasteiger partial charge >= 0.3 is 0 Å². The molecule has 22 heavy (non-hydrogen) atoms. The fourth-order valence-electron chi connectivity index (χ4n) is 7.28. The molecular formula is C19H33NO2. The highest BCUT2D eigenvalue weighted by Gasteiger charge is 2.61. The SMILES string of the molecule is C[C@]12CC[C@H]3[C@@H](CCC4C[C@H](N)CC[C@@]43C)[C@@H]1C[C@@H](O)[C@@H]2O. The zero-order valence-electron chi connectivity index (χ0n) is 14.2. The first-order valence-electron chi connectivity index (χ1n) is 9.48. The van der Waals surface area contributed by atoms with E-state index >= 15 is 0 Å². The lowest BCUT2D eigenvalue weighted by Crippen LogP contribution is -2.55. The fourth-order valence-corrected chi connectivity index (χ4v) is 7.28. The van der Waals surface area contributed by atoms with Gasteiger partial charge in [0.2, 0.25) is 0 Å². The van der Waals surface area contributed by atoms with Crippen LogP contribution in [0.2, 0.25) is 0 Å². The lowest BCUT2D eigenvalue weighted by Gasteiger charge is -2.60. The molecule has 4 saturated carbocycles. The van der Waals surface area contributed by atoms with Crippen LogP contribution in [0.15, 0.2) is 0 Å². The Morgan fingerprint density at radius 1 is 0.864 bits per heavy atom. The summed E-state index contributed by atoms with van der Waals surface area (Å²) in [5.41, 5.74) is 6.66. The molecule has 0 saturated heterocycles. The highest BCUT2D eigenvalue weighted by Crippen LogP contribution is 2.66. The lowest BCUT2D eigenvalue weighted by molar-refractivity contribution is -0.125. The molecule has 1 unspecified atom stereocenters. The van der Waals surface area contributed by atoms with Gasteiger partial charge in [0.1, 0.15) is 0 Å². The van der Waals surface area contributed by atoms with Crippen molar-refractivity contribution in [2.24, 2.45) is 40.2 Å². The second kappa shape index (κ2) is 4.94. The summed E-state index contributed by atoms with van der Waals surface area (Å²) < 4.78 is 0. The van der Waals surface area contributed by atoms with Gasteiger partial charge in [-0.1, -0.05) is 13.8 Å². The maximum absolute atomic E-state index is 10.5. The van der Waals surface area contributed by atoms with E-state index in [4.69, 9.17) is 5.73 Å². The zero-order valence-corrected chi connectivity index (χ0v) is 14.2. The minimum absolute atomic E-state index is 0.0468. The highest BCUT2D eigenvalue weighted by atomic mass is 16.3. The van der Waals surface area contributed by atoms with Crippen molar-refractivity contribution < 1.29 is 10.2 Å². The molecule has 4 aliphatic carbocycles. The average Bonchev–Trinajstić information content (AvgIpc) is 2.72. The second-order valence-electron chi connectivity index (χ2n) is 9.48. The molecule has 0 aromatic rings. The maximum Gasteiger partial charge on any atom is 0.0855 e. The summed E-state index contributed by atoms with van der Waals surface area (Å²) in [6.45, 7) is 4.77. The summed E-state index contributed by atoms with van der Waals surface area (Å²) in [5.74, 6) is 2.82. The minimum atomic E-state index is -0.510. The van der Waals surface area contributed by atoms with Crippen LogP contribution in [0.1, 0.15) is 65.2 Å². The molecule has 0 heterocycles. The van der Waals surface area contributed by atoms with Gasteiger partial charge in [-0.2, -0.15) is 0 Å². The molecule has 126 valence electrons. The van der Waals surface area contributed by atoms with Crippen LogP contribution in [0.3, 0.4) is 0 Å². The number of aliphatic hydroxyl groups is 2. The van der Waals surface area contributed by atoms with Gasteiger partial charge in [0.05, 0.1) is 12.2 Å². The normalized spacial score (nSPS) is 61.2. The Morgan fingerprint density at radius 3 is 2.36 bits per heavy atom. The molecule has 0 radical (unpaired) electrons. The van der Waals surface area contributed by atoms with Gasteiger partial charge in [0.15, 0.2) is 0 Å². The van der Waals surface area contributed by atoms with Crippen LogP contribution >= 0.6 is 0 Å². The number of rotatable bonds is 0. The van der Waals surface area contributed by atoms with Gasteiger partial charge < -0.3 is 15.9 Å². The molecule has 0 spiro atoms. The quantitative estimate of drug-likeness (QED) is 0.644. The van der Waals surface area contributed by atoms with Crippen LogP contribution in [-0.2, 0) is 0 Å². The minimum Gasteiger partial charge on any atom is -0.390 e.